The molecule has 0 bridgehead atoms. The molecule has 110 valence electrons. The fourth-order valence-corrected chi connectivity index (χ4v) is 2.49. The van der Waals surface area contributed by atoms with Crippen molar-refractivity contribution in [1.29, 1.82) is 0 Å². The van der Waals surface area contributed by atoms with Crippen LogP contribution in [0.25, 0.3) is 0 Å². The number of nitrogens with one attached hydrogen (secondary N) is 1. The molecule has 1 aromatic carbocycles. The number of nitrogens with zero attached hydrogens (tertiary/aromatic N) is 4. The van der Waals surface area contributed by atoms with E-state index < -0.39 is 0 Å². The first-order valence-electron chi connectivity index (χ1n) is 7.05. The van der Waals surface area contributed by atoms with Crippen molar-refractivity contribution >= 4 is 17.5 Å². The molecule has 0 unspecified atom stereocenters. The van der Waals surface area contributed by atoms with E-state index in [2.05, 4.69) is 37.4 Å². The Kier molecular flexibility index (Phi) is 4.65. The van der Waals surface area contributed by atoms with Gasteiger partial charge in [-0.3, -0.25) is 10.3 Å². The summed E-state index contributed by atoms with van der Waals surface area (Å²) in [6.45, 7) is 4.90. The van der Waals surface area contributed by atoms with Crippen molar-refractivity contribution in [3.63, 3.8) is 0 Å². The summed E-state index contributed by atoms with van der Waals surface area (Å²) in [7, 11) is 0. The molecule has 2 heterocycles. The molecule has 0 saturated carbocycles. The topological polar surface area (TPSA) is 44.3 Å². The molecule has 1 saturated heterocycles. The van der Waals surface area contributed by atoms with Gasteiger partial charge < -0.3 is 0 Å². The monoisotopic (exact) mass is 303 g/mol. The van der Waals surface area contributed by atoms with Crippen molar-refractivity contribution in [3.8, 4) is 0 Å². The molecule has 0 radical (unpaired) electrons. The number of piperazine rings is 1. The molecular formula is C15H18ClN5. The van der Waals surface area contributed by atoms with Crippen LogP contribution < -0.4 is 5.43 Å². The first-order valence-corrected chi connectivity index (χ1v) is 7.43. The number of rotatable bonds is 4. The molecule has 1 aromatic heterocycles. The van der Waals surface area contributed by atoms with E-state index >= 15 is 0 Å². The van der Waals surface area contributed by atoms with E-state index in [0.29, 0.717) is 5.95 Å². The van der Waals surface area contributed by atoms with E-state index in [1.165, 1.54) is 5.56 Å². The smallest absolute Gasteiger partial charge is 0.237 e. The molecule has 1 aliphatic heterocycles. The summed E-state index contributed by atoms with van der Waals surface area (Å²) in [6, 6.07) is 9.88. The zero-order valence-electron chi connectivity index (χ0n) is 11.7. The Morgan fingerprint density at radius 3 is 2.33 bits per heavy atom. The highest BCUT2D eigenvalue weighted by Crippen LogP contribution is 2.13. The Bertz CT molecular complexity index is 552. The predicted octanol–water partition coefficient (Wildman–Crippen LogP) is 2.27. The minimum absolute atomic E-state index is 0.656. The van der Waals surface area contributed by atoms with Gasteiger partial charge in [-0.1, -0.05) is 23.7 Å². The van der Waals surface area contributed by atoms with Crippen LogP contribution in [-0.2, 0) is 6.54 Å². The summed E-state index contributed by atoms with van der Waals surface area (Å²) in [4.78, 5) is 10.8. The lowest BCUT2D eigenvalue weighted by Crippen LogP contribution is -2.48. The molecule has 1 fully saturated rings. The highest BCUT2D eigenvalue weighted by Gasteiger charge is 2.17. The molecule has 1 aliphatic rings. The summed E-state index contributed by atoms with van der Waals surface area (Å²) in [6.07, 6.45) is 3.48. The zero-order valence-corrected chi connectivity index (χ0v) is 12.5. The van der Waals surface area contributed by atoms with Crippen LogP contribution in [0.1, 0.15) is 5.56 Å². The molecule has 2 aromatic rings. The third-order valence-corrected chi connectivity index (χ3v) is 3.77. The average molecular weight is 304 g/mol. The molecule has 6 heteroatoms. The third kappa shape index (κ3) is 4.14. The second-order valence-corrected chi connectivity index (χ2v) is 5.51. The van der Waals surface area contributed by atoms with Crippen LogP contribution in [0.3, 0.4) is 0 Å². The number of anilines is 1. The number of aromatic nitrogens is 2. The van der Waals surface area contributed by atoms with Gasteiger partial charge in [-0.05, 0) is 23.8 Å². The maximum Gasteiger partial charge on any atom is 0.237 e. The van der Waals surface area contributed by atoms with Gasteiger partial charge >= 0.3 is 0 Å². The van der Waals surface area contributed by atoms with Gasteiger partial charge in [0.1, 0.15) is 0 Å². The molecule has 21 heavy (non-hydrogen) atoms. The maximum absolute atomic E-state index is 5.91. The van der Waals surface area contributed by atoms with E-state index in [0.717, 1.165) is 37.7 Å². The Balaban J connectivity index is 1.47. The lowest BCUT2D eigenvalue weighted by molar-refractivity contribution is 0.146. The highest BCUT2D eigenvalue weighted by molar-refractivity contribution is 6.30. The van der Waals surface area contributed by atoms with Crippen molar-refractivity contribution in [1.82, 2.24) is 19.9 Å². The SMILES string of the molecule is Clc1ccc(CN2CCN(Nc3ncccn3)CC2)cc1. The van der Waals surface area contributed by atoms with Gasteiger partial charge in [0.15, 0.2) is 0 Å². The molecule has 0 aliphatic carbocycles. The largest absolute Gasteiger partial charge is 0.296 e. The number of hydrogen-bond acceptors (Lipinski definition) is 5. The normalized spacial score (nSPS) is 16.8. The number of halogens is 1. The van der Waals surface area contributed by atoms with Gasteiger partial charge in [-0.15, -0.1) is 0 Å². The zero-order chi connectivity index (χ0) is 14.5. The summed E-state index contributed by atoms with van der Waals surface area (Å²) >= 11 is 5.91. The van der Waals surface area contributed by atoms with Gasteiger partial charge in [-0.2, -0.15) is 0 Å². The maximum atomic E-state index is 5.91. The van der Waals surface area contributed by atoms with Crippen LogP contribution in [0, 0.1) is 0 Å². The summed E-state index contributed by atoms with van der Waals surface area (Å²) < 4.78 is 0. The number of hydrazine groups is 1. The van der Waals surface area contributed by atoms with Gasteiger partial charge in [-0.25, -0.2) is 15.0 Å². The minimum Gasteiger partial charge on any atom is -0.296 e. The lowest BCUT2D eigenvalue weighted by atomic mass is 10.2. The molecule has 0 spiro atoms. The van der Waals surface area contributed by atoms with Crippen LogP contribution in [0.5, 0.6) is 0 Å². The van der Waals surface area contributed by atoms with Gasteiger partial charge in [0.05, 0.1) is 0 Å². The van der Waals surface area contributed by atoms with Crippen LogP contribution in [0.4, 0.5) is 5.95 Å². The van der Waals surface area contributed by atoms with E-state index in [-0.39, 0.29) is 0 Å². The first-order chi connectivity index (χ1) is 10.3. The summed E-state index contributed by atoms with van der Waals surface area (Å²) in [5.74, 6) is 0.656. The second-order valence-electron chi connectivity index (χ2n) is 5.07. The van der Waals surface area contributed by atoms with E-state index in [9.17, 15) is 0 Å². The lowest BCUT2D eigenvalue weighted by Gasteiger charge is -2.34. The van der Waals surface area contributed by atoms with Crippen molar-refractivity contribution in [3.05, 3.63) is 53.3 Å². The molecule has 5 nitrogen and oxygen atoms in total. The fraction of sp³-hybridized carbons (Fsp3) is 0.333. The van der Waals surface area contributed by atoms with Crippen LogP contribution in [-0.4, -0.2) is 46.1 Å². The van der Waals surface area contributed by atoms with Gasteiger partial charge in [0, 0.05) is 50.1 Å². The Morgan fingerprint density at radius 2 is 1.67 bits per heavy atom. The first kappa shape index (κ1) is 14.3. The van der Waals surface area contributed by atoms with Crippen LogP contribution >= 0.6 is 11.6 Å². The van der Waals surface area contributed by atoms with Crippen molar-refractivity contribution in [2.75, 3.05) is 31.6 Å². The fourth-order valence-electron chi connectivity index (χ4n) is 2.36. The number of hydrogen-bond donors (Lipinski definition) is 1. The predicted molar refractivity (Wildman–Crippen MR) is 84.0 cm³/mol. The minimum atomic E-state index is 0.656. The molecular weight excluding hydrogens is 286 g/mol. The van der Waals surface area contributed by atoms with Crippen LogP contribution in [0.2, 0.25) is 5.02 Å². The third-order valence-electron chi connectivity index (χ3n) is 3.52. The summed E-state index contributed by atoms with van der Waals surface area (Å²) in [5.41, 5.74) is 4.54. The van der Waals surface area contributed by atoms with Crippen LogP contribution in [0.15, 0.2) is 42.7 Å². The molecule has 3 rings (SSSR count). The standard InChI is InChI=1S/C15H18ClN5/c16-14-4-2-13(3-5-14)12-20-8-10-21(11-9-20)19-15-17-6-1-7-18-15/h1-7H,8-12H2,(H,17,18,19). The van der Waals surface area contributed by atoms with Crippen molar-refractivity contribution in [2.24, 2.45) is 0 Å². The van der Waals surface area contributed by atoms with E-state index in [1.807, 2.05) is 18.2 Å². The van der Waals surface area contributed by atoms with Crippen molar-refractivity contribution < 1.29 is 0 Å². The second kappa shape index (κ2) is 6.85. The van der Waals surface area contributed by atoms with Gasteiger partial charge in [0.2, 0.25) is 5.95 Å². The van der Waals surface area contributed by atoms with E-state index in [4.69, 9.17) is 11.6 Å². The Hall–Kier alpha value is -1.69. The molecule has 1 N–H and O–H groups in total. The van der Waals surface area contributed by atoms with Gasteiger partial charge in [0.25, 0.3) is 0 Å². The average Bonchev–Trinajstić information content (AvgIpc) is 2.53. The highest BCUT2D eigenvalue weighted by atomic mass is 35.5. The van der Waals surface area contributed by atoms with Crippen molar-refractivity contribution in [2.45, 2.75) is 6.54 Å². The Morgan fingerprint density at radius 1 is 1.00 bits per heavy atom. The summed E-state index contributed by atoms with van der Waals surface area (Å²) in [5, 5.41) is 2.95. The number of benzene rings is 1. The Labute approximate surface area is 129 Å². The molecule has 0 amide bonds. The molecule has 0 atom stereocenters. The quantitative estimate of drug-likeness (QED) is 0.939. The van der Waals surface area contributed by atoms with E-state index in [1.54, 1.807) is 12.4 Å².